The average Bonchev–Trinajstić information content (AvgIpc) is 2.40. The summed E-state index contributed by atoms with van der Waals surface area (Å²) >= 11 is 7.20. The van der Waals surface area contributed by atoms with Gasteiger partial charge in [0.1, 0.15) is 5.15 Å². The molecule has 2 aromatic rings. The van der Waals surface area contributed by atoms with E-state index in [2.05, 4.69) is 15.3 Å². The van der Waals surface area contributed by atoms with Crippen molar-refractivity contribution in [2.24, 2.45) is 0 Å². The zero-order valence-corrected chi connectivity index (χ0v) is 11.1. The Morgan fingerprint density at radius 1 is 1.22 bits per heavy atom. The molecule has 0 spiro atoms. The van der Waals surface area contributed by atoms with Gasteiger partial charge in [-0.3, -0.25) is 4.79 Å². The van der Waals surface area contributed by atoms with Crippen molar-refractivity contribution >= 4 is 35.0 Å². The molecule has 0 aliphatic rings. The summed E-state index contributed by atoms with van der Waals surface area (Å²) in [5.41, 5.74) is 1.10. The Labute approximate surface area is 114 Å². The minimum atomic E-state index is -0.238. The third-order valence-electron chi connectivity index (χ3n) is 2.19. The highest BCUT2D eigenvalue weighted by atomic mass is 35.5. The molecule has 0 bridgehead atoms. The summed E-state index contributed by atoms with van der Waals surface area (Å²) < 4.78 is 0. The summed E-state index contributed by atoms with van der Waals surface area (Å²) in [4.78, 5) is 19.9. The van der Waals surface area contributed by atoms with Crippen LogP contribution in [0.2, 0.25) is 5.15 Å². The highest BCUT2D eigenvalue weighted by Crippen LogP contribution is 2.14. The molecule has 1 amide bonds. The van der Waals surface area contributed by atoms with Gasteiger partial charge < -0.3 is 5.32 Å². The Hall–Kier alpha value is -1.59. The summed E-state index contributed by atoms with van der Waals surface area (Å²) in [6, 6.07) is 6.85. The van der Waals surface area contributed by atoms with Crippen LogP contribution >= 0.6 is 23.4 Å². The lowest BCUT2D eigenvalue weighted by Crippen LogP contribution is -2.12. The van der Waals surface area contributed by atoms with Crippen LogP contribution in [0.5, 0.6) is 0 Å². The molecule has 0 atom stereocenters. The molecule has 0 saturated carbocycles. The van der Waals surface area contributed by atoms with Gasteiger partial charge in [-0.25, -0.2) is 9.97 Å². The van der Waals surface area contributed by atoms with Crippen molar-refractivity contribution in [1.82, 2.24) is 9.97 Å². The smallest absolute Gasteiger partial charge is 0.257 e. The van der Waals surface area contributed by atoms with E-state index in [4.69, 9.17) is 11.6 Å². The van der Waals surface area contributed by atoms with Crippen molar-refractivity contribution in [2.45, 2.75) is 5.03 Å². The molecule has 2 rings (SSSR count). The monoisotopic (exact) mass is 279 g/mol. The number of hydrogen-bond acceptors (Lipinski definition) is 4. The van der Waals surface area contributed by atoms with E-state index in [1.807, 2.05) is 12.3 Å². The number of carbonyl (C=O) groups is 1. The molecule has 0 aliphatic carbocycles. The number of halogens is 1. The zero-order chi connectivity index (χ0) is 13.0. The summed E-state index contributed by atoms with van der Waals surface area (Å²) in [6.45, 7) is 0. The molecule has 18 heavy (non-hydrogen) atoms. The van der Waals surface area contributed by atoms with E-state index < -0.39 is 0 Å². The number of amides is 1. The normalized spacial score (nSPS) is 10.1. The van der Waals surface area contributed by atoms with Crippen molar-refractivity contribution < 1.29 is 4.79 Å². The Morgan fingerprint density at radius 3 is 2.61 bits per heavy atom. The molecule has 0 saturated heterocycles. The molecule has 4 nitrogen and oxygen atoms in total. The zero-order valence-electron chi connectivity index (χ0n) is 9.55. The first-order chi connectivity index (χ1) is 8.69. The number of nitrogens with zero attached hydrogens (tertiary/aromatic N) is 2. The van der Waals surface area contributed by atoms with Crippen LogP contribution in [0, 0.1) is 0 Å². The molecule has 2 heterocycles. The minimum absolute atomic E-state index is 0.238. The number of aromatic nitrogens is 2. The van der Waals surface area contributed by atoms with Crippen molar-refractivity contribution in [3.63, 3.8) is 0 Å². The molecule has 0 aromatic carbocycles. The van der Waals surface area contributed by atoms with Crippen molar-refractivity contribution in [2.75, 3.05) is 11.6 Å². The lowest BCUT2D eigenvalue weighted by atomic mass is 10.2. The lowest BCUT2D eigenvalue weighted by molar-refractivity contribution is 0.102. The van der Waals surface area contributed by atoms with Gasteiger partial charge in [-0.15, -0.1) is 11.8 Å². The van der Waals surface area contributed by atoms with E-state index in [0.29, 0.717) is 16.4 Å². The van der Waals surface area contributed by atoms with Crippen molar-refractivity contribution in [1.29, 1.82) is 0 Å². The fourth-order valence-corrected chi connectivity index (χ4v) is 1.76. The van der Waals surface area contributed by atoms with Crippen molar-refractivity contribution in [3.8, 4) is 0 Å². The maximum Gasteiger partial charge on any atom is 0.257 e. The summed E-state index contributed by atoms with van der Waals surface area (Å²) in [5.74, 6) is -0.238. The van der Waals surface area contributed by atoms with Gasteiger partial charge in [0, 0.05) is 6.20 Å². The Balaban J connectivity index is 2.08. The number of pyridine rings is 2. The maximum absolute atomic E-state index is 11.9. The molecule has 92 valence electrons. The van der Waals surface area contributed by atoms with E-state index >= 15 is 0 Å². The summed E-state index contributed by atoms with van der Waals surface area (Å²) in [6.07, 6.45) is 4.99. The van der Waals surface area contributed by atoms with E-state index in [0.717, 1.165) is 5.03 Å². The standard InChI is InChI=1S/C12H10ClN3OS/c1-18-11-5-3-9(7-15-11)16-12(17)8-2-4-10(13)14-6-8/h2-7H,1H3,(H,16,17). The van der Waals surface area contributed by atoms with Crippen LogP contribution in [0.15, 0.2) is 41.7 Å². The molecule has 0 unspecified atom stereocenters. The van der Waals surface area contributed by atoms with Gasteiger partial charge in [-0.05, 0) is 30.5 Å². The molecular formula is C12H10ClN3OS. The van der Waals surface area contributed by atoms with Crippen LogP contribution in [-0.4, -0.2) is 22.1 Å². The quantitative estimate of drug-likeness (QED) is 0.693. The lowest BCUT2D eigenvalue weighted by Gasteiger charge is -2.05. The first kappa shape index (κ1) is 12.9. The maximum atomic E-state index is 11.9. The third-order valence-corrected chi connectivity index (χ3v) is 3.08. The van der Waals surface area contributed by atoms with Gasteiger partial charge in [-0.2, -0.15) is 0 Å². The molecule has 0 radical (unpaired) electrons. The van der Waals surface area contributed by atoms with E-state index in [1.165, 1.54) is 6.20 Å². The molecular weight excluding hydrogens is 270 g/mol. The topological polar surface area (TPSA) is 54.9 Å². The SMILES string of the molecule is CSc1ccc(NC(=O)c2ccc(Cl)nc2)cn1. The molecule has 0 fully saturated rings. The highest BCUT2D eigenvalue weighted by Gasteiger charge is 2.06. The number of hydrogen-bond donors (Lipinski definition) is 1. The van der Waals surface area contributed by atoms with Crippen LogP contribution in [0.25, 0.3) is 0 Å². The van der Waals surface area contributed by atoms with E-state index in [1.54, 1.807) is 36.2 Å². The van der Waals surface area contributed by atoms with Gasteiger partial charge in [0.25, 0.3) is 5.91 Å². The molecule has 0 aliphatic heterocycles. The first-order valence-corrected chi connectivity index (χ1v) is 6.72. The average molecular weight is 280 g/mol. The van der Waals surface area contributed by atoms with Gasteiger partial charge >= 0.3 is 0 Å². The second-order valence-electron chi connectivity index (χ2n) is 3.41. The Bertz CT molecular complexity index is 542. The molecule has 2 aromatic heterocycles. The number of nitrogens with one attached hydrogen (secondary N) is 1. The summed E-state index contributed by atoms with van der Waals surface area (Å²) in [7, 11) is 0. The Kier molecular flexibility index (Phi) is 4.17. The number of anilines is 1. The van der Waals surface area contributed by atoms with Gasteiger partial charge in [0.05, 0.1) is 22.5 Å². The molecule has 1 N–H and O–H groups in total. The van der Waals surface area contributed by atoms with E-state index in [-0.39, 0.29) is 5.91 Å². The van der Waals surface area contributed by atoms with Gasteiger partial charge in [-0.1, -0.05) is 11.6 Å². The number of rotatable bonds is 3. The van der Waals surface area contributed by atoms with Crippen LogP contribution < -0.4 is 5.32 Å². The second kappa shape index (κ2) is 5.84. The van der Waals surface area contributed by atoms with Crippen LogP contribution in [0.4, 0.5) is 5.69 Å². The number of thioether (sulfide) groups is 1. The fraction of sp³-hybridized carbons (Fsp3) is 0.0833. The van der Waals surface area contributed by atoms with Gasteiger partial charge in [0.2, 0.25) is 0 Å². The predicted octanol–water partition coefficient (Wildman–Crippen LogP) is 3.10. The summed E-state index contributed by atoms with van der Waals surface area (Å²) in [5, 5.41) is 4.00. The largest absolute Gasteiger partial charge is 0.321 e. The number of carbonyl (C=O) groups excluding carboxylic acids is 1. The fourth-order valence-electron chi connectivity index (χ4n) is 1.29. The molecule has 6 heteroatoms. The predicted molar refractivity (Wildman–Crippen MR) is 73.2 cm³/mol. The van der Waals surface area contributed by atoms with Crippen LogP contribution in [-0.2, 0) is 0 Å². The van der Waals surface area contributed by atoms with Crippen molar-refractivity contribution in [3.05, 3.63) is 47.4 Å². The third kappa shape index (κ3) is 3.21. The highest BCUT2D eigenvalue weighted by molar-refractivity contribution is 7.98. The van der Waals surface area contributed by atoms with Gasteiger partial charge in [0.15, 0.2) is 0 Å². The second-order valence-corrected chi connectivity index (χ2v) is 4.63. The van der Waals surface area contributed by atoms with E-state index in [9.17, 15) is 4.79 Å². The van der Waals surface area contributed by atoms with Crippen LogP contribution in [0.1, 0.15) is 10.4 Å². The Morgan fingerprint density at radius 2 is 2.06 bits per heavy atom. The van der Waals surface area contributed by atoms with Crippen LogP contribution in [0.3, 0.4) is 0 Å². The minimum Gasteiger partial charge on any atom is -0.321 e. The first-order valence-electron chi connectivity index (χ1n) is 5.12.